The largest absolute Gasteiger partial charge is 0.504 e. The van der Waals surface area contributed by atoms with Crippen LogP contribution in [0.5, 0.6) is 11.5 Å². The molecule has 32 heavy (non-hydrogen) atoms. The van der Waals surface area contributed by atoms with E-state index in [0.29, 0.717) is 30.6 Å². The molecule has 0 radical (unpaired) electrons. The van der Waals surface area contributed by atoms with Crippen molar-refractivity contribution in [3.8, 4) is 11.5 Å². The number of carbonyl (C=O) groups excluding carboxylic acids is 1. The molecular formula is C25H21N3O4. The third-order valence-electron chi connectivity index (χ3n) is 8.72. The number of piperidine rings is 1. The Morgan fingerprint density at radius 1 is 1.28 bits per heavy atom. The minimum absolute atomic E-state index is 0.0504. The number of aromatic nitrogens is 1. The van der Waals surface area contributed by atoms with Gasteiger partial charge < -0.3 is 25.2 Å². The highest BCUT2D eigenvalue weighted by Gasteiger charge is 2.72. The fourth-order valence-corrected chi connectivity index (χ4v) is 7.45. The number of rotatable bonds is 0. The predicted octanol–water partition coefficient (Wildman–Crippen LogP) is 2.11. The highest BCUT2D eigenvalue weighted by molar-refractivity contribution is 6.25. The van der Waals surface area contributed by atoms with Gasteiger partial charge in [0, 0.05) is 36.0 Å². The Balaban J connectivity index is 1.51. The van der Waals surface area contributed by atoms with E-state index in [2.05, 4.69) is 5.32 Å². The molecule has 2 aromatic carbocycles. The van der Waals surface area contributed by atoms with Crippen molar-refractivity contribution in [1.82, 2.24) is 10.3 Å². The molecule has 160 valence electrons. The zero-order valence-corrected chi connectivity index (χ0v) is 17.5. The monoisotopic (exact) mass is 427 g/mol. The maximum absolute atomic E-state index is 13.0. The quantitative estimate of drug-likeness (QED) is 0.509. The number of anilines is 1. The zero-order chi connectivity index (χ0) is 21.6. The summed E-state index contributed by atoms with van der Waals surface area (Å²) in [4.78, 5) is 19.7. The molecule has 7 heteroatoms. The first-order valence-electron chi connectivity index (χ1n) is 11.2. The van der Waals surface area contributed by atoms with Gasteiger partial charge in [0.1, 0.15) is 0 Å². The topological polar surface area (TPSA) is 94.9 Å². The molecule has 3 N–H and O–H groups in total. The van der Waals surface area contributed by atoms with Gasteiger partial charge in [-0.25, -0.2) is 4.98 Å². The molecule has 1 spiro atoms. The molecule has 2 bridgehead atoms. The molecule has 3 aliphatic heterocycles. The van der Waals surface area contributed by atoms with Crippen LogP contribution in [0.25, 0.3) is 10.9 Å². The van der Waals surface area contributed by atoms with Crippen molar-refractivity contribution in [2.75, 3.05) is 18.5 Å². The standard InChI is InChI=1S/C25H21N3O4/c1-28-20-13-10-25(31)16-9-11-5-6-15(29)21-18(11)24(25,7-8-26-16)22(32-21)19(13)27-14-4-2-3-12(17(14)20)23(28)30/h2-6,16,22,26,29,31H,7-10H2,1H3/t16-,22+,24+,25-/m1/s1. The number of pyridine rings is 1. The summed E-state index contributed by atoms with van der Waals surface area (Å²) in [7, 11) is 1.79. The van der Waals surface area contributed by atoms with Crippen LogP contribution in [0.1, 0.15) is 45.3 Å². The van der Waals surface area contributed by atoms with Crippen molar-refractivity contribution < 1.29 is 19.7 Å². The van der Waals surface area contributed by atoms with Crippen LogP contribution in [0.15, 0.2) is 30.3 Å². The van der Waals surface area contributed by atoms with E-state index < -0.39 is 17.1 Å². The smallest absolute Gasteiger partial charge is 0.258 e. The summed E-state index contributed by atoms with van der Waals surface area (Å²) >= 11 is 0. The molecule has 1 aromatic heterocycles. The number of hydrogen-bond acceptors (Lipinski definition) is 6. The van der Waals surface area contributed by atoms with Crippen LogP contribution in [0.2, 0.25) is 0 Å². The summed E-state index contributed by atoms with van der Waals surface area (Å²) < 4.78 is 6.52. The van der Waals surface area contributed by atoms with Crippen LogP contribution in [0.4, 0.5) is 5.69 Å². The maximum atomic E-state index is 13.0. The molecule has 2 aliphatic carbocycles. The van der Waals surface area contributed by atoms with Crippen molar-refractivity contribution >= 4 is 22.5 Å². The number of amides is 1. The van der Waals surface area contributed by atoms with Crippen molar-refractivity contribution in [3.05, 3.63) is 58.3 Å². The van der Waals surface area contributed by atoms with Crippen LogP contribution in [0, 0.1) is 0 Å². The van der Waals surface area contributed by atoms with Crippen molar-refractivity contribution in [3.63, 3.8) is 0 Å². The van der Waals surface area contributed by atoms with E-state index in [0.717, 1.165) is 45.5 Å². The third kappa shape index (κ3) is 1.57. The minimum atomic E-state index is -1.11. The van der Waals surface area contributed by atoms with Gasteiger partial charge in [-0.05, 0) is 43.1 Å². The third-order valence-corrected chi connectivity index (χ3v) is 8.72. The predicted molar refractivity (Wildman–Crippen MR) is 116 cm³/mol. The number of fused-ring (bicyclic) bond motifs is 3. The number of carbonyl (C=O) groups is 1. The Morgan fingerprint density at radius 2 is 2.16 bits per heavy atom. The van der Waals surface area contributed by atoms with E-state index in [1.54, 1.807) is 18.0 Å². The lowest BCUT2D eigenvalue weighted by molar-refractivity contribution is -0.134. The van der Waals surface area contributed by atoms with Gasteiger partial charge in [0.2, 0.25) is 0 Å². The van der Waals surface area contributed by atoms with Crippen molar-refractivity contribution in [1.29, 1.82) is 0 Å². The lowest BCUT2D eigenvalue weighted by atomic mass is 9.49. The molecular weight excluding hydrogens is 406 g/mol. The maximum Gasteiger partial charge on any atom is 0.258 e. The Hall–Kier alpha value is -3.16. The highest BCUT2D eigenvalue weighted by atomic mass is 16.5. The molecule has 1 fully saturated rings. The molecule has 3 aromatic rings. The number of phenols is 1. The van der Waals surface area contributed by atoms with E-state index in [9.17, 15) is 15.0 Å². The highest BCUT2D eigenvalue weighted by Crippen LogP contribution is 2.68. The molecule has 0 unspecified atom stereocenters. The molecule has 1 saturated heterocycles. The summed E-state index contributed by atoms with van der Waals surface area (Å²) in [5.41, 5.74) is 4.19. The Morgan fingerprint density at radius 3 is 3.03 bits per heavy atom. The number of ether oxygens (including phenoxy) is 1. The molecule has 4 heterocycles. The number of nitrogens with zero attached hydrogens (tertiary/aromatic N) is 2. The lowest BCUT2D eigenvalue weighted by Gasteiger charge is -2.60. The van der Waals surface area contributed by atoms with Gasteiger partial charge in [0.25, 0.3) is 5.91 Å². The molecule has 5 aliphatic rings. The summed E-state index contributed by atoms with van der Waals surface area (Å²) in [5.74, 6) is 0.537. The van der Waals surface area contributed by atoms with Crippen molar-refractivity contribution in [2.45, 2.75) is 42.4 Å². The Labute approximate surface area is 183 Å². The molecule has 1 amide bonds. The average molecular weight is 427 g/mol. The molecule has 0 saturated carbocycles. The number of benzene rings is 2. The molecule has 8 rings (SSSR count). The van der Waals surface area contributed by atoms with Crippen molar-refractivity contribution in [2.24, 2.45) is 0 Å². The first-order valence-corrected chi connectivity index (χ1v) is 11.2. The molecule has 7 nitrogen and oxygen atoms in total. The van der Waals surface area contributed by atoms with E-state index >= 15 is 0 Å². The van der Waals surface area contributed by atoms with Gasteiger partial charge in [0.15, 0.2) is 17.6 Å². The normalized spacial score (nSPS) is 32.7. The zero-order valence-electron chi connectivity index (χ0n) is 17.5. The van der Waals surface area contributed by atoms with E-state index in [1.807, 2.05) is 24.3 Å². The second-order valence-electron chi connectivity index (χ2n) is 9.87. The number of aromatic hydroxyl groups is 1. The molecule has 4 atom stereocenters. The van der Waals surface area contributed by atoms with E-state index in [-0.39, 0.29) is 17.7 Å². The lowest BCUT2D eigenvalue weighted by Crippen LogP contribution is -2.74. The second-order valence-corrected chi connectivity index (χ2v) is 9.87. The Bertz CT molecular complexity index is 1430. The first-order chi connectivity index (χ1) is 15.5. The Kier molecular flexibility index (Phi) is 2.76. The first kappa shape index (κ1) is 17.4. The van der Waals surface area contributed by atoms with E-state index in [4.69, 9.17) is 9.72 Å². The average Bonchev–Trinajstić information content (AvgIpc) is 3.25. The fourth-order valence-electron chi connectivity index (χ4n) is 7.45. The van der Waals surface area contributed by atoms with Crippen LogP contribution in [-0.4, -0.2) is 46.3 Å². The van der Waals surface area contributed by atoms with Crippen LogP contribution in [-0.2, 0) is 18.3 Å². The van der Waals surface area contributed by atoms with Gasteiger partial charge >= 0.3 is 0 Å². The van der Waals surface area contributed by atoms with Gasteiger partial charge in [-0.15, -0.1) is 0 Å². The van der Waals surface area contributed by atoms with E-state index in [1.165, 1.54) is 0 Å². The summed E-state index contributed by atoms with van der Waals surface area (Å²) in [6, 6.07) is 9.15. The van der Waals surface area contributed by atoms with Crippen LogP contribution in [0.3, 0.4) is 0 Å². The summed E-state index contributed by atoms with van der Waals surface area (Å²) in [6.07, 6.45) is 1.23. The van der Waals surface area contributed by atoms with Crippen LogP contribution < -0.4 is 15.0 Å². The van der Waals surface area contributed by atoms with Crippen LogP contribution >= 0.6 is 0 Å². The second kappa shape index (κ2) is 5.08. The number of phenolic OH excluding ortho intramolecular Hbond substituents is 1. The van der Waals surface area contributed by atoms with Gasteiger partial charge in [0.05, 0.1) is 33.5 Å². The van der Waals surface area contributed by atoms with Gasteiger partial charge in [-0.3, -0.25) is 4.79 Å². The minimum Gasteiger partial charge on any atom is -0.504 e. The fraction of sp³-hybridized carbons (Fsp3) is 0.360. The summed E-state index contributed by atoms with van der Waals surface area (Å²) in [5, 5.41) is 27.6. The summed E-state index contributed by atoms with van der Waals surface area (Å²) in [6.45, 7) is 0.764. The van der Waals surface area contributed by atoms with Gasteiger partial charge in [-0.2, -0.15) is 0 Å². The SMILES string of the molecule is CN1C(=O)c2cccc3nc4c(c1c23)C[C@@]1(O)[C@H]2Cc3ccc(O)c5c3[C@@]1(CCN2)[C@H]4O5. The van der Waals surface area contributed by atoms with Gasteiger partial charge in [-0.1, -0.05) is 12.1 Å². The number of aliphatic hydroxyl groups is 1. The number of nitrogens with one attached hydrogen (secondary N) is 1. The number of hydrogen-bond donors (Lipinski definition) is 3.